The zero-order valence-corrected chi connectivity index (χ0v) is 31.5. The number of aromatic nitrogens is 3. The van der Waals surface area contributed by atoms with Crippen molar-refractivity contribution in [1.82, 2.24) is 15.0 Å². The fraction of sp³-hybridized carbons (Fsp3) is 0. The van der Waals surface area contributed by atoms with Crippen molar-refractivity contribution in [1.29, 1.82) is 0 Å². The number of pyridine rings is 1. The van der Waals surface area contributed by atoms with Crippen LogP contribution < -0.4 is 0 Å². The summed E-state index contributed by atoms with van der Waals surface area (Å²) in [6, 6.07) is 74.9. The van der Waals surface area contributed by atoms with E-state index in [0.29, 0.717) is 5.82 Å². The van der Waals surface area contributed by atoms with Crippen molar-refractivity contribution in [2.45, 2.75) is 0 Å². The average molecular weight is 738 g/mol. The van der Waals surface area contributed by atoms with E-state index in [1.807, 2.05) is 6.07 Å². The van der Waals surface area contributed by atoms with E-state index in [4.69, 9.17) is 15.0 Å². The molecule has 3 nitrogen and oxygen atoms in total. The molecule has 0 spiro atoms. The molecule has 9 aromatic carbocycles. The minimum atomic E-state index is 0.682. The minimum Gasteiger partial charge on any atom is -0.247 e. The van der Waals surface area contributed by atoms with E-state index in [1.165, 1.54) is 32.3 Å². The Morgan fingerprint density at radius 2 is 0.672 bits per heavy atom. The van der Waals surface area contributed by atoms with Gasteiger partial charge in [0.1, 0.15) is 0 Å². The molecule has 3 heteroatoms. The SMILES string of the molecule is c1ccc(-c2cccc(-c3nc(-c4ccccc4)c(-c4ccc(-c5nc6ccccc6c6c7ccccc7c7ccccc7c56)cc4)c(-c4ccccc4)n3)c2)cc1. The van der Waals surface area contributed by atoms with E-state index in [9.17, 15) is 0 Å². The van der Waals surface area contributed by atoms with Crippen LogP contribution in [-0.2, 0) is 0 Å². The van der Waals surface area contributed by atoms with Gasteiger partial charge in [-0.15, -0.1) is 0 Å². The van der Waals surface area contributed by atoms with Gasteiger partial charge in [0.15, 0.2) is 5.82 Å². The zero-order chi connectivity index (χ0) is 38.4. The molecule has 0 unspecified atom stereocenters. The average Bonchev–Trinajstić information content (AvgIpc) is 3.31. The van der Waals surface area contributed by atoms with Crippen LogP contribution >= 0.6 is 0 Å². The third-order valence-corrected chi connectivity index (χ3v) is 11.3. The highest BCUT2D eigenvalue weighted by molar-refractivity contribution is 6.33. The summed E-state index contributed by atoms with van der Waals surface area (Å²) < 4.78 is 0. The quantitative estimate of drug-likeness (QED) is 0.160. The largest absolute Gasteiger partial charge is 0.247 e. The van der Waals surface area contributed by atoms with Gasteiger partial charge in [0.05, 0.1) is 22.6 Å². The maximum absolute atomic E-state index is 5.41. The smallest absolute Gasteiger partial charge is 0.160 e. The van der Waals surface area contributed by atoms with Crippen molar-refractivity contribution in [2.75, 3.05) is 0 Å². The molecule has 2 heterocycles. The van der Waals surface area contributed by atoms with E-state index in [-0.39, 0.29) is 0 Å². The predicted octanol–water partition coefficient (Wildman–Crippen LogP) is 14.5. The lowest BCUT2D eigenvalue weighted by Crippen LogP contribution is -2.01. The Kier molecular flexibility index (Phi) is 8.15. The third-order valence-electron chi connectivity index (χ3n) is 11.3. The number of hydrogen-bond donors (Lipinski definition) is 0. The van der Waals surface area contributed by atoms with Gasteiger partial charge in [-0.05, 0) is 50.4 Å². The van der Waals surface area contributed by atoms with Gasteiger partial charge in [-0.1, -0.05) is 200 Å². The molecule has 0 N–H and O–H groups in total. The standard InChI is InChI=1S/C55H35N3/c1-4-17-36(18-5-1)41-23-16-24-42(35-41)55-57-52(38-19-6-2-7-20-38)49(53(58-55)39-21-8-3-9-22-39)37-31-33-40(34-32-37)54-51-46-28-13-11-26-44(46)43-25-10-12-27-45(43)50(51)47-29-14-15-30-48(47)56-54/h1-35H. The van der Waals surface area contributed by atoms with E-state index in [0.717, 1.165) is 72.5 Å². The van der Waals surface area contributed by atoms with Gasteiger partial charge in [-0.25, -0.2) is 15.0 Å². The molecular formula is C55H35N3. The molecule has 0 atom stereocenters. The number of para-hydroxylation sites is 1. The second-order valence-corrected chi connectivity index (χ2v) is 14.7. The van der Waals surface area contributed by atoms with Gasteiger partial charge in [-0.3, -0.25) is 0 Å². The highest BCUT2D eigenvalue weighted by Gasteiger charge is 2.22. The Morgan fingerprint density at radius 3 is 1.28 bits per heavy atom. The Hall–Kier alpha value is -7.75. The van der Waals surface area contributed by atoms with Crippen LogP contribution in [-0.4, -0.2) is 15.0 Å². The number of fused-ring (bicyclic) bond motifs is 8. The summed E-state index contributed by atoms with van der Waals surface area (Å²) in [5, 5.41) is 8.47. The second-order valence-electron chi connectivity index (χ2n) is 14.7. The molecular weight excluding hydrogens is 703 g/mol. The van der Waals surface area contributed by atoms with Crippen LogP contribution in [0.2, 0.25) is 0 Å². The molecule has 0 aliphatic carbocycles. The van der Waals surface area contributed by atoms with Crippen molar-refractivity contribution in [2.24, 2.45) is 0 Å². The molecule has 11 rings (SSSR count). The summed E-state index contributed by atoms with van der Waals surface area (Å²) in [4.78, 5) is 16.2. The molecule has 270 valence electrons. The van der Waals surface area contributed by atoms with Crippen LogP contribution in [0.1, 0.15) is 0 Å². The first-order valence-electron chi connectivity index (χ1n) is 19.7. The summed E-state index contributed by atoms with van der Waals surface area (Å²) >= 11 is 0. The molecule has 0 radical (unpaired) electrons. The lowest BCUT2D eigenvalue weighted by atomic mass is 9.89. The maximum Gasteiger partial charge on any atom is 0.160 e. The summed E-state index contributed by atoms with van der Waals surface area (Å²) in [7, 11) is 0. The Morgan fingerprint density at radius 1 is 0.241 bits per heavy atom. The Labute approximate surface area is 336 Å². The van der Waals surface area contributed by atoms with Gasteiger partial charge < -0.3 is 0 Å². The first-order valence-corrected chi connectivity index (χ1v) is 19.7. The topological polar surface area (TPSA) is 38.7 Å². The van der Waals surface area contributed by atoms with Gasteiger partial charge in [-0.2, -0.15) is 0 Å². The number of rotatable bonds is 6. The zero-order valence-electron chi connectivity index (χ0n) is 31.5. The molecule has 58 heavy (non-hydrogen) atoms. The van der Waals surface area contributed by atoms with E-state index in [1.54, 1.807) is 0 Å². The van der Waals surface area contributed by atoms with E-state index in [2.05, 4.69) is 206 Å². The monoisotopic (exact) mass is 737 g/mol. The molecule has 0 fully saturated rings. The number of hydrogen-bond acceptors (Lipinski definition) is 3. The first kappa shape index (κ1) is 33.6. The second kappa shape index (κ2) is 14.1. The van der Waals surface area contributed by atoms with Crippen LogP contribution in [0.3, 0.4) is 0 Å². The summed E-state index contributed by atoms with van der Waals surface area (Å²) in [5.41, 5.74) is 12.1. The Balaban J connectivity index is 1.15. The molecule has 0 aliphatic heterocycles. The highest BCUT2D eigenvalue weighted by Crippen LogP contribution is 2.44. The van der Waals surface area contributed by atoms with Gasteiger partial charge in [0.2, 0.25) is 0 Å². The van der Waals surface area contributed by atoms with Gasteiger partial charge >= 0.3 is 0 Å². The lowest BCUT2D eigenvalue weighted by molar-refractivity contribution is 1.18. The summed E-state index contributed by atoms with van der Waals surface area (Å²) in [6.07, 6.45) is 0. The molecule has 0 aliphatic rings. The lowest BCUT2D eigenvalue weighted by Gasteiger charge is -2.18. The highest BCUT2D eigenvalue weighted by atomic mass is 14.9. The fourth-order valence-electron chi connectivity index (χ4n) is 8.57. The third kappa shape index (κ3) is 5.72. The van der Waals surface area contributed by atoms with E-state index >= 15 is 0 Å². The molecule has 2 aromatic heterocycles. The fourth-order valence-corrected chi connectivity index (χ4v) is 8.57. The maximum atomic E-state index is 5.41. The molecule has 0 bridgehead atoms. The Bertz CT molecular complexity index is 3240. The van der Waals surface area contributed by atoms with Crippen molar-refractivity contribution in [3.05, 3.63) is 212 Å². The van der Waals surface area contributed by atoms with Crippen LogP contribution in [0.4, 0.5) is 0 Å². The van der Waals surface area contributed by atoms with Crippen molar-refractivity contribution in [3.8, 4) is 67.4 Å². The van der Waals surface area contributed by atoms with Crippen LogP contribution in [0.15, 0.2) is 212 Å². The van der Waals surface area contributed by atoms with Crippen molar-refractivity contribution in [3.63, 3.8) is 0 Å². The number of nitrogens with zero attached hydrogens (tertiary/aromatic N) is 3. The summed E-state index contributed by atoms with van der Waals surface area (Å²) in [6.45, 7) is 0. The normalized spacial score (nSPS) is 11.4. The van der Waals surface area contributed by atoms with Gasteiger partial charge in [0, 0.05) is 44.0 Å². The molecule has 0 saturated carbocycles. The van der Waals surface area contributed by atoms with Crippen LogP contribution in [0, 0.1) is 0 Å². The van der Waals surface area contributed by atoms with Crippen molar-refractivity contribution < 1.29 is 0 Å². The predicted molar refractivity (Wildman–Crippen MR) is 242 cm³/mol. The molecule has 11 aromatic rings. The van der Waals surface area contributed by atoms with Crippen LogP contribution in [0.25, 0.3) is 111 Å². The minimum absolute atomic E-state index is 0.682. The van der Waals surface area contributed by atoms with E-state index < -0.39 is 0 Å². The molecule has 0 amide bonds. The van der Waals surface area contributed by atoms with Crippen LogP contribution in [0.5, 0.6) is 0 Å². The molecule has 0 saturated heterocycles. The summed E-state index contributed by atoms with van der Waals surface area (Å²) in [5.74, 6) is 0.682. The number of benzene rings is 9. The van der Waals surface area contributed by atoms with Crippen molar-refractivity contribution >= 4 is 43.2 Å². The first-order chi connectivity index (χ1) is 28.8. The van der Waals surface area contributed by atoms with Gasteiger partial charge in [0.25, 0.3) is 0 Å².